The summed E-state index contributed by atoms with van der Waals surface area (Å²) in [5.41, 5.74) is 1.61. The Balaban J connectivity index is 2.36. The highest BCUT2D eigenvalue weighted by Gasteiger charge is 2.10. The van der Waals surface area contributed by atoms with E-state index in [1.165, 1.54) is 6.07 Å². The van der Waals surface area contributed by atoms with Gasteiger partial charge in [-0.3, -0.25) is 0 Å². The van der Waals surface area contributed by atoms with Crippen LogP contribution in [0.25, 0.3) is 5.57 Å². The van der Waals surface area contributed by atoms with Gasteiger partial charge < -0.3 is 4.74 Å². The SMILES string of the molecule is Fc1ccc(C2=COCC2)cc1F. The van der Waals surface area contributed by atoms with Gasteiger partial charge in [-0.15, -0.1) is 0 Å². The highest BCUT2D eigenvalue weighted by Crippen LogP contribution is 2.24. The van der Waals surface area contributed by atoms with Crippen molar-refractivity contribution in [3.8, 4) is 0 Å². The van der Waals surface area contributed by atoms with Gasteiger partial charge in [-0.1, -0.05) is 6.07 Å². The van der Waals surface area contributed by atoms with E-state index >= 15 is 0 Å². The lowest BCUT2D eigenvalue weighted by Crippen LogP contribution is -1.87. The van der Waals surface area contributed by atoms with Crippen LogP contribution < -0.4 is 0 Å². The van der Waals surface area contributed by atoms with Crippen LogP contribution in [0.15, 0.2) is 24.5 Å². The Morgan fingerprint density at radius 3 is 2.62 bits per heavy atom. The van der Waals surface area contributed by atoms with Crippen LogP contribution in [0.1, 0.15) is 12.0 Å². The molecule has 1 nitrogen and oxygen atoms in total. The predicted molar refractivity (Wildman–Crippen MR) is 44.9 cm³/mol. The summed E-state index contributed by atoms with van der Waals surface area (Å²) in [5, 5.41) is 0. The van der Waals surface area contributed by atoms with Gasteiger partial charge in [-0.05, 0) is 23.3 Å². The second kappa shape index (κ2) is 3.17. The molecule has 1 heterocycles. The third-order valence-corrected chi connectivity index (χ3v) is 2.01. The van der Waals surface area contributed by atoms with Gasteiger partial charge >= 0.3 is 0 Å². The minimum absolute atomic E-state index is 0.619. The fraction of sp³-hybridized carbons (Fsp3) is 0.200. The molecule has 13 heavy (non-hydrogen) atoms. The first-order valence-electron chi connectivity index (χ1n) is 4.03. The largest absolute Gasteiger partial charge is 0.501 e. The molecule has 0 aromatic heterocycles. The Morgan fingerprint density at radius 2 is 2.00 bits per heavy atom. The first-order chi connectivity index (χ1) is 6.27. The zero-order chi connectivity index (χ0) is 9.26. The summed E-state index contributed by atoms with van der Waals surface area (Å²) in [4.78, 5) is 0. The quantitative estimate of drug-likeness (QED) is 0.648. The first-order valence-corrected chi connectivity index (χ1v) is 4.03. The molecule has 0 bridgehead atoms. The average molecular weight is 182 g/mol. The molecular formula is C10H8F2O. The molecule has 0 unspecified atom stereocenters. The summed E-state index contributed by atoms with van der Waals surface area (Å²) in [5.74, 6) is -1.63. The number of ether oxygens (including phenoxy) is 1. The summed E-state index contributed by atoms with van der Waals surface area (Å²) in [6.07, 6.45) is 2.34. The minimum atomic E-state index is -0.816. The zero-order valence-electron chi connectivity index (χ0n) is 6.89. The van der Waals surface area contributed by atoms with Crippen LogP contribution in [0.5, 0.6) is 0 Å². The fourth-order valence-electron chi connectivity index (χ4n) is 1.30. The van der Waals surface area contributed by atoms with Crippen molar-refractivity contribution in [1.29, 1.82) is 0 Å². The van der Waals surface area contributed by atoms with Gasteiger partial charge in [0, 0.05) is 6.42 Å². The highest BCUT2D eigenvalue weighted by molar-refractivity contribution is 5.65. The van der Waals surface area contributed by atoms with E-state index in [-0.39, 0.29) is 0 Å². The lowest BCUT2D eigenvalue weighted by atomic mass is 10.1. The molecule has 0 spiro atoms. The van der Waals surface area contributed by atoms with Crippen molar-refractivity contribution >= 4 is 5.57 Å². The van der Waals surface area contributed by atoms with E-state index in [2.05, 4.69) is 0 Å². The van der Waals surface area contributed by atoms with Crippen LogP contribution in [0.2, 0.25) is 0 Å². The van der Waals surface area contributed by atoms with E-state index in [4.69, 9.17) is 4.74 Å². The molecule has 1 aliphatic heterocycles. The molecule has 0 radical (unpaired) electrons. The lowest BCUT2D eigenvalue weighted by Gasteiger charge is -2.00. The molecule has 1 aliphatic rings. The molecule has 0 atom stereocenters. The van der Waals surface area contributed by atoms with Crippen molar-refractivity contribution < 1.29 is 13.5 Å². The van der Waals surface area contributed by atoms with Gasteiger partial charge in [0.2, 0.25) is 0 Å². The van der Waals surface area contributed by atoms with Crippen molar-refractivity contribution in [2.75, 3.05) is 6.61 Å². The monoisotopic (exact) mass is 182 g/mol. The van der Waals surface area contributed by atoms with Gasteiger partial charge in [0.1, 0.15) is 0 Å². The summed E-state index contributed by atoms with van der Waals surface area (Å²) in [6, 6.07) is 3.87. The van der Waals surface area contributed by atoms with Gasteiger partial charge in [0.15, 0.2) is 11.6 Å². The third kappa shape index (κ3) is 1.54. The molecule has 2 rings (SSSR count). The Hall–Kier alpha value is -1.38. The number of benzene rings is 1. The molecule has 0 saturated heterocycles. The molecule has 0 fully saturated rings. The van der Waals surface area contributed by atoms with E-state index in [1.807, 2.05) is 0 Å². The lowest BCUT2D eigenvalue weighted by molar-refractivity contribution is 0.281. The minimum Gasteiger partial charge on any atom is -0.501 e. The van der Waals surface area contributed by atoms with E-state index < -0.39 is 11.6 Å². The Kier molecular flexibility index (Phi) is 2.00. The maximum atomic E-state index is 12.8. The van der Waals surface area contributed by atoms with Crippen molar-refractivity contribution in [3.63, 3.8) is 0 Å². The first kappa shape index (κ1) is 8.23. The van der Waals surface area contributed by atoms with Crippen molar-refractivity contribution in [3.05, 3.63) is 41.7 Å². The molecule has 3 heteroatoms. The predicted octanol–water partition coefficient (Wildman–Crippen LogP) is 2.73. The number of hydrogen-bond acceptors (Lipinski definition) is 1. The second-order valence-electron chi connectivity index (χ2n) is 2.89. The van der Waals surface area contributed by atoms with Gasteiger partial charge in [0.25, 0.3) is 0 Å². The highest BCUT2D eigenvalue weighted by atomic mass is 19.2. The van der Waals surface area contributed by atoms with Gasteiger partial charge in [-0.25, -0.2) is 8.78 Å². The van der Waals surface area contributed by atoms with Crippen LogP contribution >= 0.6 is 0 Å². The molecule has 1 aromatic rings. The molecule has 0 aliphatic carbocycles. The maximum absolute atomic E-state index is 12.8. The van der Waals surface area contributed by atoms with Crippen LogP contribution in [-0.4, -0.2) is 6.61 Å². The van der Waals surface area contributed by atoms with Crippen molar-refractivity contribution in [1.82, 2.24) is 0 Å². The second-order valence-corrected chi connectivity index (χ2v) is 2.89. The standard InChI is InChI=1S/C10H8F2O/c11-9-2-1-7(5-10(9)12)8-3-4-13-6-8/h1-2,5-6H,3-4H2. The van der Waals surface area contributed by atoms with Gasteiger partial charge in [0.05, 0.1) is 12.9 Å². The van der Waals surface area contributed by atoms with Crippen LogP contribution in [-0.2, 0) is 4.74 Å². The summed E-state index contributed by atoms with van der Waals surface area (Å²) in [7, 11) is 0. The molecule has 0 N–H and O–H groups in total. The number of rotatable bonds is 1. The maximum Gasteiger partial charge on any atom is 0.159 e. The molecule has 0 saturated carbocycles. The van der Waals surface area contributed by atoms with Crippen molar-refractivity contribution in [2.45, 2.75) is 6.42 Å². The van der Waals surface area contributed by atoms with Gasteiger partial charge in [-0.2, -0.15) is 0 Å². The summed E-state index contributed by atoms with van der Waals surface area (Å²) >= 11 is 0. The molecule has 1 aromatic carbocycles. The van der Waals surface area contributed by atoms with Crippen molar-refractivity contribution in [2.24, 2.45) is 0 Å². The zero-order valence-corrected chi connectivity index (χ0v) is 6.89. The van der Waals surface area contributed by atoms with E-state index in [0.29, 0.717) is 12.2 Å². The number of halogens is 2. The van der Waals surface area contributed by atoms with E-state index in [9.17, 15) is 8.78 Å². The van der Waals surface area contributed by atoms with Crippen LogP contribution in [0, 0.1) is 11.6 Å². The Bertz CT molecular complexity index is 358. The molecular weight excluding hydrogens is 174 g/mol. The summed E-state index contributed by atoms with van der Waals surface area (Å²) in [6.45, 7) is 0.619. The average Bonchev–Trinajstić information content (AvgIpc) is 2.62. The van der Waals surface area contributed by atoms with E-state index in [1.54, 1.807) is 12.3 Å². The third-order valence-electron chi connectivity index (χ3n) is 2.01. The molecule has 0 amide bonds. The number of hydrogen-bond donors (Lipinski definition) is 0. The van der Waals surface area contributed by atoms with E-state index in [0.717, 1.165) is 18.1 Å². The topological polar surface area (TPSA) is 9.23 Å². The Morgan fingerprint density at radius 1 is 1.15 bits per heavy atom. The normalized spacial score (nSPS) is 15.4. The Labute approximate surface area is 74.6 Å². The summed E-state index contributed by atoms with van der Waals surface area (Å²) < 4.78 is 30.4. The smallest absolute Gasteiger partial charge is 0.159 e. The van der Waals surface area contributed by atoms with Crippen LogP contribution in [0.3, 0.4) is 0 Å². The van der Waals surface area contributed by atoms with Crippen LogP contribution in [0.4, 0.5) is 8.78 Å². The fourth-order valence-corrected chi connectivity index (χ4v) is 1.30. The molecule has 68 valence electrons.